The molecular formula is C22H20F2N6O. The number of benzene rings is 1. The van der Waals surface area contributed by atoms with E-state index in [0.717, 1.165) is 32.0 Å². The van der Waals surface area contributed by atoms with E-state index in [4.69, 9.17) is 5.26 Å². The number of nitrogens with zero attached hydrogens (tertiary/aromatic N) is 6. The van der Waals surface area contributed by atoms with Gasteiger partial charge in [-0.25, -0.2) is 23.8 Å². The Labute approximate surface area is 178 Å². The van der Waals surface area contributed by atoms with Crippen molar-refractivity contribution in [3.63, 3.8) is 0 Å². The van der Waals surface area contributed by atoms with Crippen molar-refractivity contribution in [3.05, 3.63) is 53.4 Å². The van der Waals surface area contributed by atoms with Gasteiger partial charge in [0.25, 0.3) is 0 Å². The Hall–Kier alpha value is -3.41. The topological polar surface area (TPSA) is 85.5 Å². The van der Waals surface area contributed by atoms with Gasteiger partial charge in [0, 0.05) is 43.9 Å². The van der Waals surface area contributed by atoms with Gasteiger partial charge in [-0.2, -0.15) is 10.4 Å². The Morgan fingerprint density at radius 2 is 1.84 bits per heavy atom. The van der Waals surface area contributed by atoms with E-state index in [1.54, 1.807) is 18.5 Å². The van der Waals surface area contributed by atoms with Crippen LogP contribution in [0.5, 0.6) is 0 Å². The molecule has 2 aliphatic heterocycles. The van der Waals surface area contributed by atoms with Gasteiger partial charge in [0.05, 0.1) is 6.04 Å². The normalized spacial score (nSPS) is 25.1. The number of rotatable bonds is 3. The average molecular weight is 422 g/mol. The summed E-state index contributed by atoms with van der Waals surface area (Å²) in [4.78, 5) is 23.8. The fourth-order valence-corrected chi connectivity index (χ4v) is 5.09. The molecule has 0 radical (unpaired) electrons. The van der Waals surface area contributed by atoms with Crippen LogP contribution in [0.1, 0.15) is 36.6 Å². The second kappa shape index (κ2) is 7.69. The summed E-state index contributed by atoms with van der Waals surface area (Å²) in [5.74, 6) is -0.361. The van der Waals surface area contributed by atoms with E-state index in [0.29, 0.717) is 35.5 Å². The lowest BCUT2D eigenvalue weighted by Crippen LogP contribution is -2.33. The highest BCUT2D eigenvalue weighted by molar-refractivity contribution is 5.82. The summed E-state index contributed by atoms with van der Waals surface area (Å²) in [6.07, 6.45) is 5.11. The molecule has 1 aromatic heterocycles. The first-order valence-electron chi connectivity index (χ1n) is 10.3. The van der Waals surface area contributed by atoms with E-state index in [-0.39, 0.29) is 11.8 Å². The summed E-state index contributed by atoms with van der Waals surface area (Å²) in [5, 5.41) is 14.7. The number of amides is 1. The average Bonchev–Trinajstić information content (AvgIpc) is 3.47. The number of carbonyl (C=O) groups is 1. The smallest absolute Gasteiger partial charge is 0.246 e. The first-order chi connectivity index (χ1) is 15.0. The van der Waals surface area contributed by atoms with Gasteiger partial charge in [0.1, 0.15) is 23.4 Å². The molecule has 0 spiro atoms. The number of nitriles is 1. The van der Waals surface area contributed by atoms with E-state index >= 15 is 0 Å². The maximum Gasteiger partial charge on any atom is 0.246 e. The molecular weight excluding hydrogens is 402 g/mol. The molecule has 0 bridgehead atoms. The quantitative estimate of drug-likeness (QED) is 0.759. The number of halogens is 2. The zero-order valence-corrected chi connectivity index (χ0v) is 16.7. The van der Waals surface area contributed by atoms with Crippen molar-refractivity contribution >= 4 is 18.1 Å². The zero-order chi connectivity index (χ0) is 21.5. The van der Waals surface area contributed by atoms with E-state index in [1.807, 2.05) is 6.07 Å². The molecule has 5 rings (SSSR count). The number of aromatic nitrogens is 2. The lowest BCUT2D eigenvalue weighted by molar-refractivity contribution is -0.137. The van der Waals surface area contributed by atoms with Crippen molar-refractivity contribution in [2.75, 3.05) is 18.0 Å². The van der Waals surface area contributed by atoms with Crippen molar-refractivity contribution in [1.29, 1.82) is 5.26 Å². The van der Waals surface area contributed by atoms with E-state index in [2.05, 4.69) is 20.0 Å². The summed E-state index contributed by atoms with van der Waals surface area (Å²) >= 11 is 0. The minimum atomic E-state index is -0.660. The maximum absolute atomic E-state index is 13.7. The highest BCUT2D eigenvalue weighted by Crippen LogP contribution is 2.44. The molecule has 1 saturated heterocycles. The van der Waals surface area contributed by atoms with Crippen LogP contribution >= 0.6 is 0 Å². The van der Waals surface area contributed by atoms with Crippen molar-refractivity contribution in [2.45, 2.75) is 25.3 Å². The number of hydrogen-bond donors (Lipinski definition) is 0. The molecule has 1 amide bonds. The summed E-state index contributed by atoms with van der Waals surface area (Å²) < 4.78 is 27.3. The minimum absolute atomic E-state index is 0.0907. The lowest BCUT2D eigenvalue weighted by Gasteiger charge is -2.26. The van der Waals surface area contributed by atoms with Crippen LogP contribution in [0.15, 0.2) is 35.6 Å². The predicted molar refractivity (Wildman–Crippen MR) is 108 cm³/mol. The van der Waals surface area contributed by atoms with Crippen LogP contribution in [0.3, 0.4) is 0 Å². The molecule has 0 N–H and O–H groups in total. The number of hydrazone groups is 1. The predicted octanol–water partition coefficient (Wildman–Crippen LogP) is 3.05. The van der Waals surface area contributed by atoms with Crippen molar-refractivity contribution < 1.29 is 13.6 Å². The molecule has 9 heteroatoms. The molecule has 1 saturated carbocycles. The fourth-order valence-electron chi connectivity index (χ4n) is 5.09. The van der Waals surface area contributed by atoms with Crippen LogP contribution in [0, 0.1) is 40.7 Å². The Balaban J connectivity index is 1.26. The van der Waals surface area contributed by atoms with E-state index in [9.17, 15) is 13.6 Å². The number of anilines is 1. The van der Waals surface area contributed by atoms with Gasteiger partial charge in [0.2, 0.25) is 11.9 Å². The SMILES string of the molecule is N#Cc1ccnc(N2C[C@H]3CC(C(=O)N4N=CC[C@H]4c4cc(F)cc(F)c4)C[C@@H]3C2)n1. The van der Waals surface area contributed by atoms with Crippen molar-refractivity contribution in [3.8, 4) is 6.07 Å². The first-order valence-corrected chi connectivity index (χ1v) is 10.3. The van der Waals surface area contributed by atoms with Crippen LogP contribution in [0.4, 0.5) is 14.7 Å². The Morgan fingerprint density at radius 3 is 2.52 bits per heavy atom. The molecule has 3 aliphatic rings. The van der Waals surface area contributed by atoms with Gasteiger partial charge < -0.3 is 4.90 Å². The molecule has 31 heavy (non-hydrogen) atoms. The molecule has 3 heterocycles. The zero-order valence-electron chi connectivity index (χ0n) is 16.7. The minimum Gasteiger partial charge on any atom is -0.340 e. The monoisotopic (exact) mass is 422 g/mol. The van der Waals surface area contributed by atoms with Crippen LogP contribution in [-0.2, 0) is 4.79 Å². The Morgan fingerprint density at radius 1 is 1.13 bits per heavy atom. The van der Waals surface area contributed by atoms with E-state index in [1.165, 1.54) is 17.1 Å². The Bertz CT molecular complexity index is 1070. The molecule has 1 aromatic carbocycles. The second-order valence-corrected chi connectivity index (χ2v) is 8.38. The van der Waals surface area contributed by atoms with Crippen LogP contribution < -0.4 is 4.90 Å². The molecule has 0 unspecified atom stereocenters. The third kappa shape index (κ3) is 3.63. The van der Waals surface area contributed by atoms with Crippen LogP contribution in [0.2, 0.25) is 0 Å². The standard InChI is InChI=1S/C22H20F2N6O/c23-17-7-13(8-18(24)9-17)20-2-4-27-30(20)21(31)14-5-15-11-29(12-16(15)6-14)22-26-3-1-19(10-25)28-22/h1,3-4,7-9,14-16,20H,2,5-6,11-12H2/t15-,16-,20+/m1/s1. The Kier molecular flexibility index (Phi) is 4.85. The molecule has 2 fully saturated rings. The number of fused-ring (bicyclic) bond motifs is 1. The molecule has 1 aliphatic carbocycles. The van der Waals surface area contributed by atoms with Gasteiger partial charge in [-0.15, -0.1) is 0 Å². The largest absolute Gasteiger partial charge is 0.340 e. The number of carbonyl (C=O) groups excluding carboxylic acids is 1. The third-order valence-corrected chi connectivity index (χ3v) is 6.47. The van der Waals surface area contributed by atoms with Gasteiger partial charge in [-0.05, 0) is 48.4 Å². The van der Waals surface area contributed by atoms with Gasteiger partial charge in [0.15, 0.2) is 0 Å². The van der Waals surface area contributed by atoms with Crippen LogP contribution in [0.25, 0.3) is 0 Å². The third-order valence-electron chi connectivity index (χ3n) is 6.47. The van der Waals surface area contributed by atoms with E-state index < -0.39 is 17.7 Å². The second-order valence-electron chi connectivity index (χ2n) is 8.38. The fraction of sp³-hybridized carbons (Fsp3) is 0.409. The van der Waals surface area contributed by atoms with Crippen LogP contribution in [-0.4, -0.2) is 40.2 Å². The molecule has 3 atom stereocenters. The van der Waals surface area contributed by atoms with Crippen molar-refractivity contribution in [1.82, 2.24) is 15.0 Å². The van der Waals surface area contributed by atoms with Gasteiger partial charge in [-0.3, -0.25) is 4.79 Å². The maximum atomic E-state index is 13.7. The van der Waals surface area contributed by atoms with Crippen molar-refractivity contribution in [2.24, 2.45) is 22.9 Å². The summed E-state index contributed by atoms with van der Waals surface area (Å²) in [6.45, 7) is 1.48. The summed E-state index contributed by atoms with van der Waals surface area (Å²) in [7, 11) is 0. The van der Waals surface area contributed by atoms with Gasteiger partial charge >= 0.3 is 0 Å². The highest BCUT2D eigenvalue weighted by Gasteiger charge is 2.46. The molecule has 158 valence electrons. The highest BCUT2D eigenvalue weighted by atomic mass is 19.1. The molecule has 2 aromatic rings. The number of hydrogen-bond acceptors (Lipinski definition) is 6. The lowest BCUT2D eigenvalue weighted by atomic mass is 10.0. The summed E-state index contributed by atoms with van der Waals surface area (Å²) in [6, 6.07) is 6.48. The first kappa shape index (κ1) is 19.5. The molecule has 7 nitrogen and oxygen atoms in total. The van der Waals surface area contributed by atoms with Gasteiger partial charge in [-0.1, -0.05) is 0 Å². The summed E-state index contributed by atoms with van der Waals surface area (Å²) in [5.41, 5.74) is 0.754.